The lowest BCUT2D eigenvalue weighted by molar-refractivity contribution is -0.676. The van der Waals surface area contributed by atoms with Crippen LogP contribution in [0.25, 0.3) is 0 Å². The number of nitrogens with zero attached hydrogens (tertiary/aromatic N) is 1. The van der Waals surface area contributed by atoms with E-state index in [9.17, 15) is 9.90 Å². The SMILES string of the molecule is Cc1ccccc1C[NH2+]C[C@H](O)CN1CCCC1=O. The molecule has 0 unspecified atom stereocenters. The van der Waals surface area contributed by atoms with Gasteiger partial charge in [-0.3, -0.25) is 4.79 Å². The lowest BCUT2D eigenvalue weighted by Crippen LogP contribution is -2.85. The average molecular weight is 263 g/mol. The van der Waals surface area contributed by atoms with Crippen molar-refractivity contribution in [3.05, 3.63) is 35.4 Å². The maximum absolute atomic E-state index is 11.5. The molecule has 0 bridgehead atoms. The minimum absolute atomic E-state index is 0.179. The summed E-state index contributed by atoms with van der Waals surface area (Å²) >= 11 is 0. The summed E-state index contributed by atoms with van der Waals surface area (Å²) in [4.78, 5) is 13.2. The molecule has 4 nitrogen and oxygen atoms in total. The highest BCUT2D eigenvalue weighted by atomic mass is 16.3. The average Bonchev–Trinajstić information content (AvgIpc) is 2.77. The molecule has 0 radical (unpaired) electrons. The van der Waals surface area contributed by atoms with Gasteiger partial charge in [-0.05, 0) is 18.9 Å². The molecule has 19 heavy (non-hydrogen) atoms. The fraction of sp³-hybridized carbons (Fsp3) is 0.533. The summed E-state index contributed by atoms with van der Waals surface area (Å²) in [5.41, 5.74) is 2.58. The number of amides is 1. The largest absolute Gasteiger partial charge is 0.385 e. The second-order valence-electron chi connectivity index (χ2n) is 5.25. The Morgan fingerprint density at radius 3 is 2.89 bits per heavy atom. The van der Waals surface area contributed by atoms with Crippen molar-refractivity contribution in [2.75, 3.05) is 19.6 Å². The third-order valence-electron chi connectivity index (χ3n) is 3.67. The normalized spacial score (nSPS) is 16.9. The highest BCUT2D eigenvalue weighted by molar-refractivity contribution is 5.78. The summed E-state index contributed by atoms with van der Waals surface area (Å²) in [6.07, 6.45) is 1.13. The lowest BCUT2D eigenvalue weighted by Gasteiger charge is -2.19. The Morgan fingerprint density at radius 2 is 2.21 bits per heavy atom. The van der Waals surface area contributed by atoms with Crippen molar-refractivity contribution in [3.63, 3.8) is 0 Å². The zero-order valence-electron chi connectivity index (χ0n) is 11.5. The maximum Gasteiger partial charge on any atom is 0.222 e. The second-order valence-corrected chi connectivity index (χ2v) is 5.25. The molecule has 1 aromatic carbocycles. The number of rotatable bonds is 6. The van der Waals surface area contributed by atoms with Crippen LogP contribution in [0.3, 0.4) is 0 Å². The van der Waals surface area contributed by atoms with E-state index in [-0.39, 0.29) is 5.91 Å². The summed E-state index contributed by atoms with van der Waals surface area (Å²) in [6, 6.07) is 8.28. The van der Waals surface area contributed by atoms with E-state index in [0.717, 1.165) is 19.5 Å². The van der Waals surface area contributed by atoms with Crippen molar-refractivity contribution in [2.45, 2.75) is 32.4 Å². The minimum atomic E-state index is -0.439. The number of benzene rings is 1. The number of carbonyl (C=O) groups excluding carboxylic acids is 1. The zero-order valence-corrected chi connectivity index (χ0v) is 11.5. The molecule has 1 amide bonds. The molecule has 1 aliphatic heterocycles. The molecule has 3 N–H and O–H groups in total. The fourth-order valence-corrected chi connectivity index (χ4v) is 2.50. The Labute approximate surface area is 114 Å². The van der Waals surface area contributed by atoms with Crippen LogP contribution < -0.4 is 5.32 Å². The second kappa shape index (κ2) is 6.68. The number of hydrogen-bond donors (Lipinski definition) is 2. The molecule has 0 aliphatic carbocycles. The topological polar surface area (TPSA) is 57.2 Å². The molecule has 1 aromatic rings. The molecule has 4 heteroatoms. The van der Waals surface area contributed by atoms with Crippen LogP contribution in [0.5, 0.6) is 0 Å². The number of hydrogen-bond acceptors (Lipinski definition) is 2. The van der Waals surface area contributed by atoms with Gasteiger partial charge in [0, 0.05) is 18.5 Å². The number of likely N-dealkylation sites (tertiary alicyclic amines) is 1. The number of quaternary nitrogens is 1. The van der Waals surface area contributed by atoms with E-state index < -0.39 is 6.10 Å². The molecule has 1 saturated heterocycles. The van der Waals surface area contributed by atoms with Crippen molar-refractivity contribution in [1.29, 1.82) is 0 Å². The minimum Gasteiger partial charge on any atom is -0.385 e. The van der Waals surface area contributed by atoms with Crippen molar-refractivity contribution in [1.82, 2.24) is 4.90 Å². The zero-order chi connectivity index (χ0) is 13.7. The van der Waals surface area contributed by atoms with Crippen LogP contribution in [-0.2, 0) is 11.3 Å². The molecule has 1 aliphatic rings. The van der Waals surface area contributed by atoms with Crippen LogP contribution >= 0.6 is 0 Å². The van der Waals surface area contributed by atoms with Crippen molar-refractivity contribution < 1.29 is 15.2 Å². The van der Waals surface area contributed by atoms with E-state index in [1.54, 1.807) is 4.90 Å². The molecule has 1 heterocycles. The smallest absolute Gasteiger partial charge is 0.222 e. The van der Waals surface area contributed by atoms with E-state index in [1.807, 2.05) is 12.1 Å². The maximum atomic E-state index is 11.5. The first-order valence-electron chi connectivity index (χ1n) is 6.99. The highest BCUT2D eigenvalue weighted by Crippen LogP contribution is 2.09. The predicted molar refractivity (Wildman–Crippen MR) is 73.5 cm³/mol. The van der Waals surface area contributed by atoms with Crippen LogP contribution in [0, 0.1) is 6.92 Å². The number of carbonyl (C=O) groups is 1. The van der Waals surface area contributed by atoms with Gasteiger partial charge in [-0.25, -0.2) is 0 Å². The van der Waals surface area contributed by atoms with Gasteiger partial charge in [-0.15, -0.1) is 0 Å². The molecule has 0 spiro atoms. The van der Waals surface area contributed by atoms with Crippen LogP contribution in [0.15, 0.2) is 24.3 Å². The Kier molecular flexibility index (Phi) is 4.93. The number of β-amino-alcohol motifs (C(OH)–C–C–N with tert-alkyl or cyclic N) is 1. The van der Waals surface area contributed by atoms with Gasteiger partial charge >= 0.3 is 0 Å². The molecule has 1 atom stereocenters. The molecule has 104 valence electrons. The molecular weight excluding hydrogens is 240 g/mol. The first-order chi connectivity index (χ1) is 9.16. The lowest BCUT2D eigenvalue weighted by atomic mass is 10.1. The Hall–Kier alpha value is -1.39. The van der Waals surface area contributed by atoms with Crippen LogP contribution in [0.2, 0.25) is 0 Å². The van der Waals surface area contributed by atoms with Crippen molar-refractivity contribution >= 4 is 5.91 Å². The van der Waals surface area contributed by atoms with Crippen molar-refractivity contribution in [2.24, 2.45) is 0 Å². The van der Waals surface area contributed by atoms with E-state index in [1.165, 1.54) is 11.1 Å². The van der Waals surface area contributed by atoms with E-state index >= 15 is 0 Å². The summed E-state index contributed by atoms with van der Waals surface area (Å²) in [7, 11) is 0. The number of aliphatic hydroxyl groups excluding tert-OH is 1. The van der Waals surface area contributed by atoms with Gasteiger partial charge in [0.2, 0.25) is 5.91 Å². The van der Waals surface area contributed by atoms with Gasteiger partial charge in [0.25, 0.3) is 0 Å². The molecule has 2 rings (SSSR count). The standard InChI is InChI=1S/C15H22N2O2/c1-12-5-2-3-6-13(12)9-16-10-14(18)11-17-8-4-7-15(17)19/h2-3,5-6,14,16,18H,4,7-11H2,1H3/p+1/t14-/m0/s1. The Bertz CT molecular complexity index is 434. The third-order valence-corrected chi connectivity index (χ3v) is 3.67. The van der Waals surface area contributed by atoms with Crippen molar-refractivity contribution in [3.8, 4) is 0 Å². The van der Waals surface area contributed by atoms with Gasteiger partial charge in [0.15, 0.2) is 0 Å². The van der Waals surface area contributed by atoms with Gasteiger partial charge in [0.05, 0.1) is 6.54 Å². The first-order valence-corrected chi connectivity index (χ1v) is 6.99. The number of nitrogens with two attached hydrogens (primary N) is 1. The quantitative estimate of drug-likeness (QED) is 0.761. The van der Waals surface area contributed by atoms with E-state index in [2.05, 4.69) is 24.4 Å². The summed E-state index contributed by atoms with van der Waals surface area (Å²) < 4.78 is 0. The molecule has 0 saturated carbocycles. The van der Waals surface area contributed by atoms with Gasteiger partial charge in [-0.2, -0.15) is 0 Å². The van der Waals surface area contributed by atoms with Gasteiger partial charge in [-0.1, -0.05) is 24.3 Å². The monoisotopic (exact) mass is 263 g/mol. The number of aliphatic hydroxyl groups is 1. The third kappa shape index (κ3) is 4.04. The van der Waals surface area contributed by atoms with E-state index in [0.29, 0.717) is 19.5 Å². The predicted octanol–water partition coefficient (Wildman–Crippen LogP) is 0.0417. The molecule has 1 fully saturated rings. The Balaban J connectivity index is 1.70. The Morgan fingerprint density at radius 1 is 1.42 bits per heavy atom. The van der Waals surface area contributed by atoms with Crippen LogP contribution in [0.1, 0.15) is 24.0 Å². The van der Waals surface area contributed by atoms with Gasteiger partial charge in [0.1, 0.15) is 19.2 Å². The van der Waals surface area contributed by atoms with Crippen LogP contribution in [0.4, 0.5) is 0 Å². The highest BCUT2D eigenvalue weighted by Gasteiger charge is 2.22. The molecular formula is C15H23N2O2+. The number of aryl methyl sites for hydroxylation is 1. The fourth-order valence-electron chi connectivity index (χ4n) is 2.50. The summed E-state index contributed by atoms with van der Waals surface area (Å²) in [5, 5.41) is 12.1. The van der Waals surface area contributed by atoms with Gasteiger partial charge < -0.3 is 15.3 Å². The van der Waals surface area contributed by atoms with E-state index in [4.69, 9.17) is 0 Å². The molecule has 0 aromatic heterocycles. The first kappa shape index (κ1) is 14.0. The summed E-state index contributed by atoms with van der Waals surface area (Å²) in [6.45, 7) is 4.88. The summed E-state index contributed by atoms with van der Waals surface area (Å²) in [5.74, 6) is 0.179. The van der Waals surface area contributed by atoms with Crippen LogP contribution in [-0.4, -0.2) is 41.7 Å².